The quantitative estimate of drug-likeness (QED) is 0.806. The first kappa shape index (κ1) is 12.1. The molecule has 1 unspecified atom stereocenters. The van der Waals surface area contributed by atoms with Crippen molar-refractivity contribution in [1.29, 1.82) is 0 Å². The molecule has 0 saturated carbocycles. The van der Waals surface area contributed by atoms with E-state index in [0.29, 0.717) is 6.42 Å². The third kappa shape index (κ3) is 2.85. The van der Waals surface area contributed by atoms with Crippen LogP contribution in [0.1, 0.15) is 15.0 Å². The van der Waals surface area contributed by atoms with Crippen molar-refractivity contribution < 1.29 is 8.42 Å². The SMILES string of the molecule is O=S(=O)(Cl)C(Cc1cccs1)c1cccs1. The minimum absolute atomic E-state index is 0.448. The average Bonchev–Trinajstić information content (AvgIpc) is 2.85. The van der Waals surface area contributed by atoms with Crippen LogP contribution in [-0.2, 0) is 15.5 Å². The fourth-order valence-corrected chi connectivity index (χ4v) is 4.91. The maximum Gasteiger partial charge on any atom is 0.240 e. The highest BCUT2D eigenvalue weighted by atomic mass is 35.7. The molecule has 86 valence electrons. The zero-order valence-corrected chi connectivity index (χ0v) is 11.4. The highest BCUT2D eigenvalue weighted by molar-refractivity contribution is 8.14. The molecule has 0 spiro atoms. The Bertz CT molecular complexity index is 529. The maximum absolute atomic E-state index is 11.5. The first-order chi connectivity index (χ1) is 7.57. The van der Waals surface area contributed by atoms with Crippen LogP contribution >= 0.6 is 33.4 Å². The van der Waals surface area contributed by atoms with Crippen molar-refractivity contribution in [2.45, 2.75) is 11.7 Å². The first-order valence-electron chi connectivity index (χ1n) is 4.56. The largest absolute Gasteiger partial charge is 0.240 e. The first-order valence-corrected chi connectivity index (χ1v) is 8.70. The molecule has 0 aliphatic heterocycles. The number of thiophene rings is 2. The van der Waals surface area contributed by atoms with Crippen LogP contribution < -0.4 is 0 Å². The molecule has 0 aromatic carbocycles. The van der Waals surface area contributed by atoms with Crippen molar-refractivity contribution in [3.63, 3.8) is 0 Å². The summed E-state index contributed by atoms with van der Waals surface area (Å²) in [5.74, 6) is 0. The highest BCUT2D eigenvalue weighted by Crippen LogP contribution is 2.33. The van der Waals surface area contributed by atoms with Crippen molar-refractivity contribution in [2.24, 2.45) is 0 Å². The molecule has 0 amide bonds. The smallest absolute Gasteiger partial charge is 0.212 e. The fraction of sp³-hybridized carbons (Fsp3) is 0.200. The summed E-state index contributed by atoms with van der Waals surface area (Å²) in [6, 6.07) is 7.48. The third-order valence-corrected chi connectivity index (χ3v) is 5.95. The highest BCUT2D eigenvalue weighted by Gasteiger charge is 2.26. The molecule has 2 heterocycles. The normalized spacial score (nSPS) is 13.8. The zero-order chi connectivity index (χ0) is 11.6. The second-order valence-electron chi connectivity index (χ2n) is 3.26. The predicted molar refractivity (Wildman–Crippen MR) is 69.9 cm³/mol. The van der Waals surface area contributed by atoms with Crippen LogP contribution in [-0.4, -0.2) is 8.42 Å². The Balaban J connectivity index is 2.30. The van der Waals surface area contributed by atoms with Crippen molar-refractivity contribution in [3.05, 3.63) is 44.8 Å². The molecule has 2 rings (SSSR count). The van der Waals surface area contributed by atoms with Gasteiger partial charge in [-0.2, -0.15) is 0 Å². The predicted octanol–water partition coefficient (Wildman–Crippen LogP) is 3.66. The third-order valence-electron chi connectivity index (χ3n) is 2.17. The van der Waals surface area contributed by atoms with E-state index < -0.39 is 14.3 Å². The number of hydrogen-bond donors (Lipinski definition) is 0. The Morgan fingerprint density at radius 2 is 1.88 bits per heavy atom. The van der Waals surface area contributed by atoms with Gasteiger partial charge >= 0.3 is 0 Å². The van der Waals surface area contributed by atoms with E-state index in [9.17, 15) is 8.42 Å². The molecule has 2 aromatic heterocycles. The van der Waals surface area contributed by atoms with Gasteiger partial charge in [0.1, 0.15) is 5.25 Å². The molecule has 16 heavy (non-hydrogen) atoms. The summed E-state index contributed by atoms with van der Waals surface area (Å²) in [5, 5.41) is 3.16. The summed E-state index contributed by atoms with van der Waals surface area (Å²) in [6.45, 7) is 0. The van der Waals surface area contributed by atoms with Crippen LogP contribution in [0.3, 0.4) is 0 Å². The van der Waals surface area contributed by atoms with Crippen LogP contribution in [0, 0.1) is 0 Å². The van der Waals surface area contributed by atoms with Crippen LogP contribution in [0.25, 0.3) is 0 Å². The molecule has 2 nitrogen and oxygen atoms in total. The molecule has 0 aliphatic carbocycles. The summed E-state index contributed by atoms with van der Waals surface area (Å²) in [4.78, 5) is 1.83. The van der Waals surface area contributed by atoms with Gasteiger partial charge in [0.15, 0.2) is 0 Å². The lowest BCUT2D eigenvalue weighted by atomic mass is 10.2. The summed E-state index contributed by atoms with van der Waals surface area (Å²) >= 11 is 2.97. The van der Waals surface area contributed by atoms with Gasteiger partial charge in [0, 0.05) is 26.9 Å². The fourth-order valence-electron chi connectivity index (χ4n) is 1.42. The van der Waals surface area contributed by atoms with Crippen molar-refractivity contribution in [3.8, 4) is 0 Å². The van der Waals surface area contributed by atoms with Gasteiger partial charge in [-0.25, -0.2) is 8.42 Å². The van der Waals surface area contributed by atoms with Crippen LogP contribution in [0.5, 0.6) is 0 Å². The van der Waals surface area contributed by atoms with Gasteiger partial charge in [-0.15, -0.1) is 22.7 Å². The summed E-state index contributed by atoms with van der Waals surface area (Å²) < 4.78 is 23.1. The Morgan fingerprint density at radius 1 is 1.19 bits per heavy atom. The minimum Gasteiger partial charge on any atom is -0.212 e. The van der Waals surface area contributed by atoms with Crippen molar-refractivity contribution in [1.82, 2.24) is 0 Å². The minimum atomic E-state index is -3.57. The van der Waals surface area contributed by atoms with Gasteiger partial charge in [0.2, 0.25) is 9.05 Å². The average molecular weight is 293 g/mol. The van der Waals surface area contributed by atoms with E-state index in [-0.39, 0.29) is 0 Å². The van der Waals surface area contributed by atoms with Crippen LogP contribution in [0.15, 0.2) is 35.0 Å². The second-order valence-corrected chi connectivity index (χ2v) is 8.09. The van der Waals surface area contributed by atoms with Crippen molar-refractivity contribution >= 4 is 42.4 Å². The summed E-state index contributed by atoms with van der Waals surface area (Å²) in [6.07, 6.45) is 0.448. The Hall–Kier alpha value is -0.360. The summed E-state index contributed by atoms with van der Waals surface area (Å²) in [7, 11) is 1.92. The molecular weight excluding hydrogens is 284 g/mol. The molecule has 0 bridgehead atoms. The molecule has 0 saturated heterocycles. The molecule has 2 aromatic rings. The standard InChI is InChI=1S/C10H9ClO2S3/c11-16(12,13)10(9-4-2-6-15-9)7-8-3-1-5-14-8/h1-6,10H,7H2. The van der Waals surface area contributed by atoms with E-state index in [0.717, 1.165) is 9.75 Å². The van der Waals surface area contributed by atoms with Gasteiger partial charge in [0.25, 0.3) is 0 Å². The van der Waals surface area contributed by atoms with E-state index in [1.807, 2.05) is 35.0 Å². The molecule has 0 N–H and O–H groups in total. The lowest BCUT2D eigenvalue weighted by Gasteiger charge is -2.10. The second kappa shape index (κ2) is 4.87. The molecule has 1 atom stereocenters. The van der Waals surface area contributed by atoms with Gasteiger partial charge in [0.05, 0.1) is 0 Å². The summed E-state index contributed by atoms with van der Waals surface area (Å²) in [5.41, 5.74) is 0. The van der Waals surface area contributed by atoms with E-state index in [2.05, 4.69) is 0 Å². The molecular formula is C10H9ClO2S3. The lowest BCUT2D eigenvalue weighted by molar-refractivity contribution is 0.597. The van der Waals surface area contributed by atoms with Gasteiger partial charge in [-0.05, 0) is 22.9 Å². The Labute approximate surface area is 107 Å². The van der Waals surface area contributed by atoms with Gasteiger partial charge in [-0.1, -0.05) is 12.1 Å². The van der Waals surface area contributed by atoms with Crippen LogP contribution in [0.4, 0.5) is 0 Å². The number of hydrogen-bond acceptors (Lipinski definition) is 4. The van der Waals surface area contributed by atoms with Gasteiger partial charge in [-0.3, -0.25) is 0 Å². The molecule has 6 heteroatoms. The van der Waals surface area contributed by atoms with E-state index in [1.54, 1.807) is 11.3 Å². The molecule has 0 aliphatic rings. The molecule has 0 fully saturated rings. The number of rotatable bonds is 4. The maximum atomic E-state index is 11.5. The topological polar surface area (TPSA) is 34.1 Å². The number of halogens is 1. The van der Waals surface area contributed by atoms with E-state index in [1.165, 1.54) is 11.3 Å². The Morgan fingerprint density at radius 3 is 2.38 bits per heavy atom. The molecule has 0 radical (unpaired) electrons. The van der Waals surface area contributed by atoms with E-state index in [4.69, 9.17) is 10.7 Å². The Kier molecular flexibility index (Phi) is 3.69. The lowest BCUT2D eigenvalue weighted by Crippen LogP contribution is -2.08. The van der Waals surface area contributed by atoms with E-state index >= 15 is 0 Å². The van der Waals surface area contributed by atoms with Gasteiger partial charge < -0.3 is 0 Å². The van der Waals surface area contributed by atoms with Crippen molar-refractivity contribution in [2.75, 3.05) is 0 Å². The monoisotopic (exact) mass is 292 g/mol. The zero-order valence-electron chi connectivity index (χ0n) is 8.17. The van der Waals surface area contributed by atoms with Crippen LogP contribution in [0.2, 0.25) is 0 Å².